The highest BCUT2D eigenvalue weighted by molar-refractivity contribution is 5.90. The molecule has 112 valence electrons. The summed E-state index contributed by atoms with van der Waals surface area (Å²) in [6.07, 6.45) is 7.91. The molecule has 0 fully saturated rings. The minimum atomic E-state index is -0.230. The van der Waals surface area contributed by atoms with Crippen molar-refractivity contribution >= 4 is 28.7 Å². The molecular weight excluding hydrogens is 282 g/mol. The summed E-state index contributed by atoms with van der Waals surface area (Å²) in [7, 11) is 0. The van der Waals surface area contributed by atoms with Gasteiger partial charge in [-0.15, -0.1) is 0 Å². The van der Waals surface area contributed by atoms with Crippen LogP contribution in [0, 0.1) is 0 Å². The number of H-pyrrole nitrogens is 1. The summed E-state index contributed by atoms with van der Waals surface area (Å²) in [6.45, 7) is 1.09. The number of amides is 2. The van der Waals surface area contributed by atoms with Crippen LogP contribution in [-0.2, 0) is 4.79 Å². The van der Waals surface area contributed by atoms with E-state index in [1.54, 1.807) is 11.1 Å². The second kappa shape index (κ2) is 6.24. The van der Waals surface area contributed by atoms with Crippen molar-refractivity contribution in [1.82, 2.24) is 20.2 Å². The number of aromatic amines is 1. The van der Waals surface area contributed by atoms with Crippen molar-refractivity contribution in [2.75, 3.05) is 19.8 Å². The summed E-state index contributed by atoms with van der Waals surface area (Å²) in [5.74, 6) is 0. The summed E-state index contributed by atoms with van der Waals surface area (Å²) in [6, 6.07) is 3.65. The van der Waals surface area contributed by atoms with Crippen molar-refractivity contribution in [2.24, 2.45) is 4.99 Å². The second-order valence-corrected chi connectivity index (χ2v) is 4.92. The summed E-state index contributed by atoms with van der Waals surface area (Å²) >= 11 is 0. The molecule has 0 aromatic carbocycles. The lowest BCUT2D eigenvalue weighted by Crippen LogP contribution is -2.42. The Hall–Kier alpha value is -2.92. The molecule has 1 aliphatic rings. The van der Waals surface area contributed by atoms with E-state index in [9.17, 15) is 9.59 Å². The number of nitrogens with one attached hydrogen (secondary N) is 2. The molecule has 1 aliphatic heterocycles. The normalized spacial score (nSPS) is 14.4. The number of rotatable bonds is 3. The van der Waals surface area contributed by atoms with Gasteiger partial charge in [-0.2, -0.15) is 4.99 Å². The number of aromatic nitrogens is 2. The first-order valence-corrected chi connectivity index (χ1v) is 6.97. The SMILES string of the molecule is O=C=NCNC(=O)N1CC=C(c2c[nH]c3cccnc23)CC1. The van der Waals surface area contributed by atoms with Gasteiger partial charge >= 0.3 is 6.03 Å². The molecule has 7 nitrogen and oxygen atoms in total. The fourth-order valence-electron chi connectivity index (χ4n) is 2.55. The van der Waals surface area contributed by atoms with Gasteiger partial charge in [0, 0.05) is 31.0 Å². The predicted octanol–water partition coefficient (Wildman–Crippen LogP) is 1.65. The van der Waals surface area contributed by atoms with Gasteiger partial charge in [-0.05, 0) is 24.1 Å². The van der Waals surface area contributed by atoms with E-state index in [1.807, 2.05) is 24.4 Å². The zero-order valence-corrected chi connectivity index (χ0v) is 11.9. The molecule has 0 aliphatic carbocycles. The first kappa shape index (κ1) is 14.0. The molecule has 0 saturated heterocycles. The van der Waals surface area contributed by atoms with Crippen LogP contribution in [0.4, 0.5) is 4.79 Å². The number of carbonyl (C=O) groups is 1. The quantitative estimate of drug-likeness (QED) is 0.666. The molecule has 2 aromatic rings. The van der Waals surface area contributed by atoms with Gasteiger partial charge in [-0.25, -0.2) is 9.59 Å². The smallest absolute Gasteiger partial charge is 0.319 e. The molecular formula is C15H15N5O2. The van der Waals surface area contributed by atoms with Crippen LogP contribution in [0.1, 0.15) is 12.0 Å². The zero-order valence-electron chi connectivity index (χ0n) is 11.9. The molecule has 0 saturated carbocycles. The van der Waals surface area contributed by atoms with E-state index in [0.29, 0.717) is 13.1 Å². The molecule has 3 heterocycles. The summed E-state index contributed by atoms with van der Waals surface area (Å²) < 4.78 is 0. The predicted molar refractivity (Wildman–Crippen MR) is 81.8 cm³/mol. The minimum absolute atomic E-state index is 0.0399. The van der Waals surface area contributed by atoms with Gasteiger partial charge < -0.3 is 15.2 Å². The average Bonchev–Trinajstić information content (AvgIpc) is 2.99. The van der Waals surface area contributed by atoms with Crippen LogP contribution in [0.25, 0.3) is 16.6 Å². The zero-order chi connectivity index (χ0) is 15.4. The standard InChI is InChI=1S/C15H15N5O2/c21-10-16-9-19-15(22)20-6-3-11(4-7-20)12-8-18-13-2-1-5-17-14(12)13/h1-3,5,8,18H,4,6-7,9H2,(H,19,22). The van der Waals surface area contributed by atoms with E-state index in [1.165, 1.54) is 11.7 Å². The fourth-order valence-corrected chi connectivity index (χ4v) is 2.55. The third kappa shape index (κ3) is 2.75. The molecule has 0 bridgehead atoms. The van der Waals surface area contributed by atoms with Gasteiger partial charge in [-0.1, -0.05) is 6.08 Å². The first-order chi connectivity index (χ1) is 10.8. The number of isocyanates is 1. The summed E-state index contributed by atoms with van der Waals surface area (Å²) in [4.78, 5) is 34.4. The van der Waals surface area contributed by atoms with Gasteiger partial charge in [-0.3, -0.25) is 4.98 Å². The van der Waals surface area contributed by atoms with Crippen molar-refractivity contribution in [2.45, 2.75) is 6.42 Å². The lowest BCUT2D eigenvalue weighted by molar-refractivity contribution is 0.203. The average molecular weight is 297 g/mol. The number of aliphatic imine (C=N–C) groups is 1. The van der Waals surface area contributed by atoms with E-state index in [-0.39, 0.29) is 12.7 Å². The van der Waals surface area contributed by atoms with E-state index in [4.69, 9.17) is 0 Å². The Bertz CT molecular complexity index is 773. The topological polar surface area (TPSA) is 90.5 Å². The van der Waals surface area contributed by atoms with Gasteiger partial charge in [0.15, 0.2) is 0 Å². The maximum Gasteiger partial charge on any atom is 0.319 e. The van der Waals surface area contributed by atoms with E-state index in [2.05, 4.69) is 20.3 Å². The van der Waals surface area contributed by atoms with E-state index >= 15 is 0 Å². The Morgan fingerprint density at radius 1 is 1.55 bits per heavy atom. The Labute approximate surface area is 126 Å². The Kier molecular flexibility index (Phi) is 3.98. The van der Waals surface area contributed by atoms with Crippen LogP contribution >= 0.6 is 0 Å². The van der Waals surface area contributed by atoms with Crippen molar-refractivity contribution in [3.05, 3.63) is 36.2 Å². The number of pyridine rings is 1. The Morgan fingerprint density at radius 3 is 3.23 bits per heavy atom. The summed E-state index contributed by atoms with van der Waals surface area (Å²) in [5.41, 5.74) is 4.22. The van der Waals surface area contributed by atoms with Crippen molar-refractivity contribution < 1.29 is 9.59 Å². The minimum Gasteiger partial charge on any atom is -0.359 e. The molecule has 2 aromatic heterocycles. The third-order valence-electron chi connectivity index (χ3n) is 3.65. The molecule has 0 atom stereocenters. The van der Waals surface area contributed by atoms with Crippen LogP contribution in [0.3, 0.4) is 0 Å². The number of fused-ring (bicyclic) bond motifs is 1. The van der Waals surface area contributed by atoms with Crippen LogP contribution in [0.15, 0.2) is 35.6 Å². The first-order valence-electron chi connectivity index (χ1n) is 6.97. The third-order valence-corrected chi connectivity index (χ3v) is 3.65. The highest BCUT2D eigenvalue weighted by Gasteiger charge is 2.19. The molecule has 2 amide bonds. The van der Waals surface area contributed by atoms with E-state index in [0.717, 1.165) is 23.0 Å². The molecule has 22 heavy (non-hydrogen) atoms. The Morgan fingerprint density at radius 2 is 2.45 bits per heavy atom. The van der Waals surface area contributed by atoms with Crippen molar-refractivity contribution in [3.63, 3.8) is 0 Å². The van der Waals surface area contributed by atoms with Crippen LogP contribution in [-0.4, -0.2) is 46.7 Å². The molecule has 2 N–H and O–H groups in total. The lowest BCUT2D eigenvalue weighted by Gasteiger charge is -2.26. The largest absolute Gasteiger partial charge is 0.359 e. The van der Waals surface area contributed by atoms with Crippen LogP contribution in [0.5, 0.6) is 0 Å². The number of hydrogen-bond donors (Lipinski definition) is 2. The number of carbonyl (C=O) groups excluding carboxylic acids is 2. The van der Waals surface area contributed by atoms with Gasteiger partial charge in [0.2, 0.25) is 6.08 Å². The number of nitrogens with zero attached hydrogens (tertiary/aromatic N) is 3. The lowest BCUT2D eigenvalue weighted by atomic mass is 10.0. The molecule has 0 radical (unpaired) electrons. The Balaban J connectivity index is 1.71. The van der Waals surface area contributed by atoms with Crippen LogP contribution in [0.2, 0.25) is 0 Å². The van der Waals surface area contributed by atoms with Gasteiger partial charge in [0.05, 0.1) is 11.0 Å². The van der Waals surface area contributed by atoms with Crippen molar-refractivity contribution in [1.29, 1.82) is 0 Å². The maximum atomic E-state index is 11.9. The second-order valence-electron chi connectivity index (χ2n) is 4.92. The van der Waals surface area contributed by atoms with Gasteiger partial charge in [0.1, 0.15) is 6.67 Å². The molecule has 0 unspecified atom stereocenters. The molecule has 7 heteroatoms. The van der Waals surface area contributed by atoms with E-state index < -0.39 is 0 Å². The summed E-state index contributed by atoms with van der Waals surface area (Å²) in [5, 5.41) is 2.54. The monoisotopic (exact) mass is 297 g/mol. The highest BCUT2D eigenvalue weighted by atomic mass is 16.2. The highest BCUT2D eigenvalue weighted by Crippen LogP contribution is 2.27. The number of urea groups is 1. The van der Waals surface area contributed by atoms with Crippen molar-refractivity contribution in [3.8, 4) is 0 Å². The molecule has 0 spiro atoms. The van der Waals surface area contributed by atoms with Crippen LogP contribution < -0.4 is 5.32 Å². The fraction of sp³-hybridized carbons (Fsp3) is 0.267. The van der Waals surface area contributed by atoms with Gasteiger partial charge in [0.25, 0.3) is 0 Å². The molecule has 3 rings (SSSR count). The maximum absolute atomic E-state index is 11.9. The number of hydrogen-bond acceptors (Lipinski definition) is 4.